The fourth-order valence-corrected chi connectivity index (χ4v) is 3.07. The van der Waals surface area contributed by atoms with Crippen molar-refractivity contribution in [3.63, 3.8) is 0 Å². The number of ether oxygens (including phenoxy) is 1. The summed E-state index contributed by atoms with van der Waals surface area (Å²) in [7, 11) is 1.63. The maximum absolute atomic E-state index is 12.3. The third-order valence-corrected chi connectivity index (χ3v) is 4.75. The molecule has 158 valence electrons. The SMILES string of the molecule is COCCNc1nc(SC)nc2c1cnn2CCNC(=O)c1ccc([N+](=O)[O-])cc1. The third kappa shape index (κ3) is 5.02. The molecule has 2 aromatic heterocycles. The Kier molecular flexibility index (Phi) is 7.14. The van der Waals surface area contributed by atoms with E-state index >= 15 is 0 Å². The van der Waals surface area contributed by atoms with Crippen molar-refractivity contribution in [2.24, 2.45) is 0 Å². The summed E-state index contributed by atoms with van der Waals surface area (Å²) < 4.78 is 6.76. The number of hydrogen-bond acceptors (Lipinski definition) is 9. The highest BCUT2D eigenvalue weighted by Crippen LogP contribution is 2.23. The van der Waals surface area contributed by atoms with Gasteiger partial charge in [-0.3, -0.25) is 14.9 Å². The topological polar surface area (TPSA) is 137 Å². The number of rotatable bonds is 10. The van der Waals surface area contributed by atoms with Crippen LogP contribution in [0.2, 0.25) is 0 Å². The first-order valence-corrected chi connectivity index (χ1v) is 10.3. The van der Waals surface area contributed by atoms with Gasteiger partial charge in [0.25, 0.3) is 11.6 Å². The fraction of sp³-hybridized carbons (Fsp3) is 0.333. The number of amides is 1. The maximum Gasteiger partial charge on any atom is 0.269 e. The van der Waals surface area contributed by atoms with E-state index in [0.29, 0.717) is 48.4 Å². The molecule has 0 atom stereocenters. The number of anilines is 1. The summed E-state index contributed by atoms with van der Waals surface area (Å²) in [5, 5.41) is 22.5. The summed E-state index contributed by atoms with van der Waals surface area (Å²) in [6.07, 6.45) is 3.58. The summed E-state index contributed by atoms with van der Waals surface area (Å²) >= 11 is 1.43. The second-order valence-corrected chi connectivity index (χ2v) is 6.92. The molecule has 30 heavy (non-hydrogen) atoms. The number of hydrogen-bond donors (Lipinski definition) is 2. The second kappa shape index (κ2) is 9.98. The van der Waals surface area contributed by atoms with Crippen molar-refractivity contribution in [2.45, 2.75) is 11.7 Å². The van der Waals surface area contributed by atoms with Crippen molar-refractivity contribution in [3.8, 4) is 0 Å². The Labute approximate surface area is 176 Å². The molecular weight excluding hydrogens is 410 g/mol. The zero-order valence-corrected chi connectivity index (χ0v) is 17.3. The van der Waals surface area contributed by atoms with Crippen molar-refractivity contribution in [1.82, 2.24) is 25.1 Å². The minimum absolute atomic E-state index is 0.0613. The lowest BCUT2D eigenvalue weighted by atomic mass is 10.2. The van der Waals surface area contributed by atoms with Crippen LogP contribution in [-0.2, 0) is 11.3 Å². The molecule has 0 bridgehead atoms. The summed E-state index contributed by atoms with van der Waals surface area (Å²) in [6, 6.07) is 5.45. The molecule has 0 aliphatic carbocycles. The summed E-state index contributed by atoms with van der Waals surface area (Å²) in [6.45, 7) is 1.87. The van der Waals surface area contributed by atoms with Gasteiger partial charge in [-0.1, -0.05) is 11.8 Å². The molecule has 1 amide bonds. The molecule has 11 nitrogen and oxygen atoms in total. The number of carbonyl (C=O) groups excluding carboxylic acids is 1. The van der Waals surface area contributed by atoms with Crippen LogP contribution < -0.4 is 10.6 Å². The highest BCUT2D eigenvalue weighted by atomic mass is 32.2. The largest absolute Gasteiger partial charge is 0.383 e. The van der Waals surface area contributed by atoms with Crippen LogP contribution in [0.4, 0.5) is 11.5 Å². The smallest absolute Gasteiger partial charge is 0.269 e. The average molecular weight is 431 g/mol. The number of non-ortho nitro benzene ring substituents is 1. The molecule has 2 heterocycles. The molecule has 1 aromatic carbocycles. The monoisotopic (exact) mass is 431 g/mol. The molecule has 12 heteroatoms. The van der Waals surface area contributed by atoms with E-state index in [1.165, 1.54) is 36.0 Å². The zero-order valence-electron chi connectivity index (χ0n) is 16.5. The van der Waals surface area contributed by atoms with E-state index in [4.69, 9.17) is 4.74 Å². The van der Waals surface area contributed by atoms with Gasteiger partial charge in [0, 0.05) is 37.9 Å². The number of nitro groups is 1. The Hall–Kier alpha value is -3.25. The number of carbonyl (C=O) groups is 1. The molecule has 0 aliphatic rings. The second-order valence-electron chi connectivity index (χ2n) is 6.14. The molecule has 0 fully saturated rings. The Bertz CT molecular complexity index is 1040. The number of nitro benzene ring substituents is 1. The van der Waals surface area contributed by atoms with Crippen LogP contribution >= 0.6 is 11.8 Å². The Morgan fingerprint density at radius 1 is 1.27 bits per heavy atom. The molecule has 2 N–H and O–H groups in total. The first-order valence-electron chi connectivity index (χ1n) is 9.06. The van der Waals surface area contributed by atoms with Crippen LogP contribution in [0.5, 0.6) is 0 Å². The number of fused-ring (bicyclic) bond motifs is 1. The average Bonchev–Trinajstić information content (AvgIpc) is 3.16. The maximum atomic E-state index is 12.3. The fourth-order valence-electron chi connectivity index (χ4n) is 2.71. The number of nitrogens with one attached hydrogen (secondary N) is 2. The van der Waals surface area contributed by atoms with Crippen molar-refractivity contribution in [2.75, 3.05) is 38.4 Å². The van der Waals surface area contributed by atoms with Crippen molar-refractivity contribution < 1.29 is 14.5 Å². The highest BCUT2D eigenvalue weighted by Gasteiger charge is 2.13. The van der Waals surface area contributed by atoms with Gasteiger partial charge in [-0.2, -0.15) is 5.10 Å². The zero-order chi connectivity index (χ0) is 21.5. The number of thioether (sulfide) groups is 1. The van der Waals surface area contributed by atoms with E-state index in [-0.39, 0.29) is 11.6 Å². The van der Waals surface area contributed by atoms with Gasteiger partial charge in [-0.15, -0.1) is 0 Å². The lowest BCUT2D eigenvalue weighted by Gasteiger charge is -2.09. The van der Waals surface area contributed by atoms with Crippen LogP contribution in [-0.4, -0.2) is 63.6 Å². The first kappa shape index (κ1) is 21.5. The number of benzene rings is 1. The third-order valence-electron chi connectivity index (χ3n) is 4.21. The molecule has 0 unspecified atom stereocenters. The van der Waals surface area contributed by atoms with Gasteiger partial charge in [-0.05, 0) is 18.4 Å². The normalized spacial score (nSPS) is 10.9. The predicted octanol–water partition coefficient (Wildman–Crippen LogP) is 1.94. The molecule has 0 saturated heterocycles. The van der Waals surface area contributed by atoms with Gasteiger partial charge in [-0.25, -0.2) is 14.6 Å². The van der Waals surface area contributed by atoms with Gasteiger partial charge in [0.05, 0.1) is 29.7 Å². The summed E-state index contributed by atoms with van der Waals surface area (Å²) in [5.74, 6) is 0.366. The van der Waals surface area contributed by atoms with E-state index in [1.807, 2.05) is 6.26 Å². The van der Waals surface area contributed by atoms with Crippen molar-refractivity contribution in [3.05, 3.63) is 46.1 Å². The molecule has 0 spiro atoms. The Balaban J connectivity index is 1.67. The standard InChI is InChI=1S/C18H21N7O4S/c1-29-10-8-19-15-14-11-21-24(16(14)23-18(22-15)30-2)9-7-20-17(26)12-3-5-13(6-4-12)25(27)28/h3-6,11H,7-10H2,1-2H3,(H,20,26)(H,19,22,23). The van der Waals surface area contributed by atoms with Crippen molar-refractivity contribution in [1.29, 1.82) is 0 Å². The van der Waals surface area contributed by atoms with Gasteiger partial charge in [0.2, 0.25) is 0 Å². The lowest BCUT2D eigenvalue weighted by Crippen LogP contribution is -2.27. The quantitative estimate of drug-likeness (QED) is 0.162. The molecule has 3 aromatic rings. The van der Waals surface area contributed by atoms with Crippen LogP contribution in [0.1, 0.15) is 10.4 Å². The van der Waals surface area contributed by atoms with Crippen LogP contribution in [0.25, 0.3) is 11.0 Å². The van der Waals surface area contributed by atoms with Crippen LogP contribution in [0, 0.1) is 10.1 Å². The van der Waals surface area contributed by atoms with Gasteiger partial charge >= 0.3 is 0 Å². The van der Waals surface area contributed by atoms with Gasteiger partial charge in [0.1, 0.15) is 5.82 Å². The summed E-state index contributed by atoms with van der Waals surface area (Å²) in [5.41, 5.74) is 0.954. The molecule has 0 saturated carbocycles. The van der Waals surface area contributed by atoms with E-state index in [2.05, 4.69) is 25.7 Å². The Morgan fingerprint density at radius 2 is 2.03 bits per heavy atom. The van der Waals surface area contributed by atoms with E-state index in [9.17, 15) is 14.9 Å². The lowest BCUT2D eigenvalue weighted by molar-refractivity contribution is -0.384. The highest BCUT2D eigenvalue weighted by molar-refractivity contribution is 7.98. The van der Waals surface area contributed by atoms with Crippen LogP contribution in [0.15, 0.2) is 35.6 Å². The predicted molar refractivity (Wildman–Crippen MR) is 113 cm³/mol. The number of nitrogens with zero attached hydrogens (tertiary/aromatic N) is 5. The van der Waals surface area contributed by atoms with E-state index < -0.39 is 4.92 Å². The minimum atomic E-state index is -0.506. The van der Waals surface area contributed by atoms with Gasteiger partial charge < -0.3 is 15.4 Å². The minimum Gasteiger partial charge on any atom is -0.383 e. The number of aromatic nitrogens is 4. The molecule has 0 radical (unpaired) electrons. The van der Waals surface area contributed by atoms with Crippen LogP contribution in [0.3, 0.4) is 0 Å². The molecular formula is C18H21N7O4S. The summed E-state index contributed by atoms with van der Waals surface area (Å²) in [4.78, 5) is 31.5. The van der Waals surface area contributed by atoms with E-state index in [0.717, 1.165) is 5.39 Å². The Morgan fingerprint density at radius 3 is 2.70 bits per heavy atom. The molecule has 0 aliphatic heterocycles. The van der Waals surface area contributed by atoms with E-state index in [1.54, 1.807) is 18.0 Å². The van der Waals surface area contributed by atoms with Gasteiger partial charge in [0.15, 0.2) is 10.8 Å². The van der Waals surface area contributed by atoms with Crippen molar-refractivity contribution >= 4 is 40.2 Å². The first-order chi connectivity index (χ1) is 14.5. The number of methoxy groups -OCH3 is 1. The molecule has 3 rings (SSSR count).